The molecule has 1 aromatic carbocycles. The first kappa shape index (κ1) is 14.4. The predicted octanol–water partition coefficient (Wildman–Crippen LogP) is 0.374. The molecule has 0 radical (unpaired) electrons. The lowest BCUT2D eigenvalue weighted by Gasteiger charge is -2.23. The Morgan fingerprint density at radius 1 is 1.32 bits per heavy atom. The molecule has 2 unspecified atom stereocenters. The van der Waals surface area contributed by atoms with E-state index in [0.29, 0.717) is 0 Å². The van der Waals surface area contributed by atoms with Crippen LogP contribution in [0.4, 0.5) is 0 Å². The average molecular weight is 288 g/mol. The number of hydrogen-bond acceptors (Lipinski definition) is 6. The molecule has 1 saturated heterocycles. The van der Waals surface area contributed by atoms with E-state index in [1.54, 1.807) is 19.1 Å². The molecule has 0 aliphatic carbocycles. The summed E-state index contributed by atoms with van der Waals surface area (Å²) in [7, 11) is -4.06. The molecular formula is C12H16O6S. The van der Waals surface area contributed by atoms with Gasteiger partial charge in [0.15, 0.2) is 6.10 Å². The highest BCUT2D eigenvalue weighted by atomic mass is 32.2. The lowest BCUT2D eigenvalue weighted by atomic mass is 10.1. The van der Waals surface area contributed by atoms with Crippen molar-refractivity contribution in [1.29, 1.82) is 0 Å². The summed E-state index contributed by atoms with van der Waals surface area (Å²) < 4.78 is 33.7. The van der Waals surface area contributed by atoms with Gasteiger partial charge < -0.3 is 14.9 Å². The van der Waals surface area contributed by atoms with Gasteiger partial charge in [0.05, 0.1) is 11.5 Å². The van der Waals surface area contributed by atoms with Crippen molar-refractivity contribution in [3.05, 3.63) is 29.8 Å². The Hall–Kier alpha value is -0.990. The van der Waals surface area contributed by atoms with Crippen LogP contribution in [0.1, 0.15) is 12.5 Å². The van der Waals surface area contributed by atoms with Gasteiger partial charge in [0.1, 0.15) is 0 Å². The maximum Gasteiger partial charge on any atom is 0.307 e. The molecule has 1 fully saturated rings. The Morgan fingerprint density at radius 3 is 2.37 bits per heavy atom. The Morgan fingerprint density at radius 2 is 1.89 bits per heavy atom. The Bertz CT molecular complexity index is 548. The smallest absolute Gasteiger partial charge is 0.307 e. The maximum absolute atomic E-state index is 12.0. The minimum absolute atomic E-state index is 0.0150. The van der Waals surface area contributed by atoms with Crippen molar-refractivity contribution in [1.82, 2.24) is 0 Å². The van der Waals surface area contributed by atoms with Crippen molar-refractivity contribution >= 4 is 10.1 Å². The minimum atomic E-state index is -4.06. The number of hydrogen-bond donors (Lipinski definition) is 2. The molecule has 1 aliphatic rings. The van der Waals surface area contributed by atoms with Crippen molar-refractivity contribution in [2.75, 3.05) is 6.61 Å². The van der Waals surface area contributed by atoms with Crippen LogP contribution < -0.4 is 0 Å². The molecular weight excluding hydrogens is 272 g/mol. The van der Waals surface area contributed by atoms with Crippen LogP contribution in [0.5, 0.6) is 0 Å². The van der Waals surface area contributed by atoms with Gasteiger partial charge in [0.2, 0.25) is 0 Å². The van der Waals surface area contributed by atoms with E-state index in [0.717, 1.165) is 5.56 Å². The quantitative estimate of drug-likeness (QED) is 0.617. The van der Waals surface area contributed by atoms with E-state index >= 15 is 0 Å². The van der Waals surface area contributed by atoms with E-state index in [1.807, 2.05) is 6.92 Å². The second-order valence-electron chi connectivity index (χ2n) is 4.73. The third-order valence-electron chi connectivity index (χ3n) is 2.99. The topological polar surface area (TPSA) is 93.1 Å². The van der Waals surface area contributed by atoms with E-state index in [2.05, 4.69) is 4.74 Å². The lowest BCUT2D eigenvalue weighted by molar-refractivity contribution is -0.340. The zero-order valence-corrected chi connectivity index (χ0v) is 11.4. The lowest BCUT2D eigenvalue weighted by Crippen LogP contribution is -2.43. The summed E-state index contributed by atoms with van der Waals surface area (Å²) in [6, 6.07) is 6.08. The van der Waals surface area contributed by atoms with Gasteiger partial charge in [-0.1, -0.05) is 24.6 Å². The zero-order chi connectivity index (χ0) is 14.3. The molecule has 0 bridgehead atoms. The summed E-state index contributed by atoms with van der Waals surface area (Å²) >= 11 is 0. The van der Waals surface area contributed by atoms with Crippen molar-refractivity contribution in [3.8, 4) is 0 Å². The third kappa shape index (κ3) is 2.96. The largest absolute Gasteiger partial charge is 0.341 e. The van der Waals surface area contributed by atoms with Crippen molar-refractivity contribution in [2.24, 2.45) is 5.92 Å². The molecule has 19 heavy (non-hydrogen) atoms. The number of benzene rings is 1. The Balaban J connectivity index is 2.24. The summed E-state index contributed by atoms with van der Waals surface area (Å²) in [5.74, 6) is -3.03. The monoisotopic (exact) mass is 288 g/mol. The van der Waals surface area contributed by atoms with Crippen LogP contribution in [-0.4, -0.2) is 37.3 Å². The minimum Gasteiger partial charge on any atom is -0.341 e. The molecule has 0 saturated carbocycles. The molecule has 1 aliphatic heterocycles. The molecule has 0 aromatic heterocycles. The standard InChI is InChI=1S/C12H16O6S/c1-8-3-5-10(6-4-8)19(15,16)18-11-9(2)7-17-12(11,13)14/h3-6,9,11,13-14H,7H2,1-2H3. The maximum atomic E-state index is 12.0. The second-order valence-corrected chi connectivity index (χ2v) is 6.30. The van der Waals surface area contributed by atoms with Crippen LogP contribution in [0.2, 0.25) is 0 Å². The molecule has 106 valence electrons. The number of aliphatic hydroxyl groups is 2. The van der Waals surface area contributed by atoms with Gasteiger partial charge in [-0.05, 0) is 19.1 Å². The van der Waals surface area contributed by atoms with Crippen LogP contribution in [-0.2, 0) is 19.0 Å². The van der Waals surface area contributed by atoms with Crippen LogP contribution in [0, 0.1) is 12.8 Å². The van der Waals surface area contributed by atoms with Crippen LogP contribution in [0.15, 0.2) is 29.2 Å². The predicted molar refractivity (Wildman–Crippen MR) is 65.5 cm³/mol. The summed E-state index contributed by atoms with van der Waals surface area (Å²) in [4.78, 5) is -0.0343. The molecule has 1 heterocycles. The van der Waals surface area contributed by atoms with Crippen molar-refractivity contribution < 1.29 is 27.6 Å². The number of rotatable bonds is 3. The fraction of sp³-hybridized carbons (Fsp3) is 0.500. The van der Waals surface area contributed by atoms with Gasteiger partial charge in [0.25, 0.3) is 10.1 Å². The van der Waals surface area contributed by atoms with Gasteiger partial charge in [-0.3, -0.25) is 4.18 Å². The molecule has 2 N–H and O–H groups in total. The molecule has 1 aromatic rings. The van der Waals surface area contributed by atoms with Gasteiger partial charge >= 0.3 is 5.97 Å². The Kier molecular flexibility index (Phi) is 3.67. The van der Waals surface area contributed by atoms with Gasteiger partial charge in [-0.15, -0.1) is 0 Å². The van der Waals surface area contributed by atoms with Gasteiger partial charge in [-0.25, -0.2) is 0 Å². The van der Waals surface area contributed by atoms with Gasteiger partial charge in [-0.2, -0.15) is 8.42 Å². The molecule has 7 heteroatoms. The zero-order valence-electron chi connectivity index (χ0n) is 10.6. The van der Waals surface area contributed by atoms with Crippen molar-refractivity contribution in [3.63, 3.8) is 0 Å². The number of aryl methyl sites for hydroxylation is 1. The SMILES string of the molecule is Cc1ccc(S(=O)(=O)OC2C(C)COC2(O)O)cc1. The first-order valence-corrected chi connectivity index (χ1v) is 7.22. The fourth-order valence-corrected chi connectivity index (χ4v) is 3.02. The highest BCUT2D eigenvalue weighted by Gasteiger charge is 2.49. The molecule has 0 spiro atoms. The van der Waals surface area contributed by atoms with Crippen molar-refractivity contribution in [2.45, 2.75) is 30.8 Å². The van der Waals surface area contributed by atoms with E-state index in [9.17, 15) is 18.6 Å². The average Bonchev–Trinajstić information content (AvgIpc) is 2.56. The Labute approximate surface area is 111 Å². The normalized spacial score (nSPS) is 26.5. The van der Waals surface area contributed by atoms with E-state index in [4.69, 9.17) is 4.18 Å². The van der Waals surface area contributed by atoms with E-state index in [-0.39, 0.29) is 11.5 Å². The summed E-state index contributed by atoms with van der Waals surface area (Å²) in [6.07, 6.45) is -1.35. The third-order valence-corrected chi connectivity index (χ3v) is 4.30. The fourth-order valence-electron chi connectivity index (χ4n) is 1.85. The highest BCUT2D eigenvalue weighted by Crippen LogP contribution is 2.31. The van der Waals surface area contributed by atoms with Crippen LogP contribution in [0.3, 0.4) is 0 Å². The first-order valence-electron chi connectivity index (χ1n) is 5.81. The molecule has 0 amide bonds. The van der Waals surface area contributed by atoms with Gasteiger partial charge in [0, 0.05) is 5.92 Å². The van der Waals surface area contributed by atoms with E-state index in [1.165, 1.54) is 12.1 Å². The molecule has 2 rings (SSSR count). The summed E-state index contributed by atoms with van der Waals surface area (Å²) in [5.41, 5.74) is 0.912. The number of ether oxygens (including phenoxy) is 1. The first-order chi connectivity index (χ1) is 8.72. The molecule has 6 nitrogen and oxygen atoms in total. The second kappa shape index (κ2) is 4.84. The summed E-state index contributed by atoms with van der Waals surface area (Å²) in [5, 5.41) is 19.0. The highest BCUT2D eigenvalue weighted by molar-refractivity contribution is 7.86. The summed E-state index contributed by atoms with van der Waals surface area (Å²) in [6.45, 7) is 3.46. The van der Waals surface area contributed by atoms with E-state index < -0.39 is 28.1 Å². The molecule has 2 atom stereocenters. The van der Waals surface area contributed by atoms with Crippen LogP contribution >= 0.6 is 0 Å². The van der Waals surface area contributed by atoms with Crippen LogP contribution in [0.25, 0.3) is 0 Å².